The third kappa shape index (κ3) is 2.11. The lowest BCUT2D eigenvalue weighted by atomic mass is 9.73. The topological polar surface area (TPSA) is 9.23 Å². The molecule has 0 N–H and O–H groups in total. The smallest absolute Gasteiger partial charge is 0.145 e. The highest BCUT2D eigenvalue weighted by atomic mass is 32.2. The van der Waals surface area contributed by atoms with Crippen LogP contribution in [-0.4, -0.2) is 4.75 Å². The lowest BCUT2D eigenvalue weighted by Gasteiger charge is -2.53. The van der Waals surface area contributed by atoms with E-state index in [0.717, 1.165) is 6.42 Å². The summed E-state index contributed by atoms with van der Waals surface area (Å²) in [6.45, 7) is 9.44. The lowest BCUT2D eigenvalue weighted by molar-refractivity contribution is -0.0983. The van der Waals surface area contributed by atoms with Crippen LogP contribution >= 0.6 is 11.8 Å². The first-order valence-corrected chi connectivity index (χ1v) is 9.19. The van der Waals surface area contributed by atoms with E-state index in [1.807, 2.05) is 11.8 Å². The molecule has 0 spiro atoms. The van der Waals surface area contributed by atoms with Crippen molar-refractivity contribution in [1.82, 2.24) is 0 Å². The Hall–Kier alpha value is -1.25. The average molecular weight is 324 g/mol. The van der Waals surface area contributed by atoms with Crippen LogP contribution in [0.2, 0.25) is 0 Å². The zero-order valence-electron chi connectivity index (χ0n) is 14.3. The second kappa shape index (κ2) is 4.87. The van der Waals surface area contributed by atoms with E-state index in [9.17, 15) is 0 Å². The van der Waals surface area contributed by atoms with Gasteiger partial charge in [0.2, 0.25) is 0 Å². The third-order valence-corrected chi connectivity index (χ3v) is 7.70. The van der Waals surface area contributed by atoms with Crippen LogP contribution in [0, 0.1) is 5.41 Å². The first-order chi connectivity index (χ1) is 10.9. The van der Waals surface area contributed by atoms with Gasteiger partial charge >= 0.3 is 0 Å². The third-order valence-electron chi connectivity index (χ3n) is 5.87. The van der Waals surface area contributed by atoms with Crippen LogP contribution in [0.25, 0.3) is 0 Å². The molecule has 2 aromatic carbocycles. The lowest BCUT2D eigenvalue weighted by Crippen LogP contribution is -2.49. The van der Waals surface area contributed by atoms with E-state index in [1.54, 1.807) is 0 Å². The molecule has 0 aromatic heterocycles. The monoisotopic (exact) mass is 324 g/mol. The van der Waals surface area contributed by atoms with Crippen molar-refractivity contribution in [3.8, 4) is 0 Å². The molecular weight excluding hydrogens is 300 g/mol. The second-order valence-electron chi connectivity index (χ2n) is 7.83. The van der Waals surface area contributed by atoms with Gasteiger partial charge in [0, 0.05) is 22.1 Å². The molecule has 120 valence electrons. The molecule has 4 rings (SSSR count). The van der Waals surface area contributed by atoms with E-state index < -0.39 is 0 Å². The van der Waals surface area contributed by atoms with Gasteiger partial charge in [-0.1, -0.05) is 68.4 Å². The summed E-state index contributed by atoms with van der Waals surface area (Å²) in [7, 11) is 0. The van der Waals surface area contributed by atoms with Crippen molar-refractivity contribution in [2.45, 2.75) is 49.9 Å². The molecule has 23 heavy (non-hydrogen) atoms. The van der Waals surface area contributed by atoms with Crippen LogP contribution in [0.5, 0.6) is 0 Å². The summed E-state index contributed by atoms with van der Waals surface area (Å²) in [4.78, 5) is -0.262. The highest BCUT2D eigenvalue weighted by Crippen LogP contribution is 2.69. The van der Waals surface area contributed by atoms with E-state index in [0.29, 0.717) is 0 Å². The molecule has 2 heteroatoms. The normalized spacial score (nSPS) is 30.0. The summed E-state index contributed by atoms with van der Waals surface area (Å²) in [5.74, 6) is 0. The second-order valence-corrected chi connectivity index (χ2v) is 9.72. The van der Waals surface area contributed by atoms with E-state index in [4.69, 9.17) is 4.74 Å². The molecule has 2 atom stereocenters. The zero-order chi connectivity index (χ0) is 16.3. The van der Waals surface area contributed by atoms with Crippen molar-refractivity contribution in [1.29, 1.82) is 0 Å². The molecule has 0 saturated carbocycles. The molecule has 1 saturated heterocycles. The molecule has 1 nitrogen and oxygen atoms in total. The van der Waals surface area contributed by atoms with Gasteiger partial charge in [-0.05, 0) is 25.0 Å². The molecule has 0 aliphatic carbocycles. The Balaban J connectivity index is 1.86. The number of hydrogen-bond donors (Lipinski definition) is 0. The molecule has 2 heterocycles. The molecule has 2 aliphatic heterocycles. The Labute approximate surface area is 143 Å². The van der Waals surface area contributed by atoms with Crippen molar-refractivity contribution in [3.05, 3.63) is 71.3 Å². The Morgan fingerprint density at radius 1 is 0.913 bits per heavy atom. The van der Waals surface area contributed by atoms with E-state index >= 15 is 0 Å². The standard InChI is InChI=1S/C21H24OS/c1-19(2)18-16-12-8-9-13-17(16)21(22-18,23-20(19,3)4)14-15-10-6-5-7-11-15/h5-13,18H,14H2,1-4H3/t18-,21-/m0/s1. The van der Waals surface area contributed by atoms with Gasteiger partial charge in [-0.2, -0.15) is 0 Å². The fourth-order valence-electron chi connectivity index (χ4n) is 3.90. The summed E-state index contributed by atoms with van der Waals surface area (Å²) in [6, 6.07) is 19.6. The fraction of sp³-hybridized carbons (Fsp3) is 0.429. The minimum Gasteiger partial charge on any atom is -0.351 e. The molecule has 0 radical (unpaired) electrons. The zero-order valence-corrected chi connectivity index (χ0v) is 15.1. The molecule has 2 aromatic rings. The number of rotatable bonds is 2. The molecule has 2 aliphatic rings. The Kier molecular flexibility index (Phi) is 3.24. The van der Waals surface area contributed by atoms with Gasteiger partial charge in [-0.3, -0.25) is 0 Å². The minimum atomic E-state index is -0.262. The van der Waals surface area contributed by atoms with E-state index in [1.165, 1.54) is 16.7 Å². The van der Waals surface area contributed by atoms with Crippen molar-refractivity contribution in [2.75, 3.05) is 0 Å². The van der Waals surface area contributed by atoms with Crippen LogP contribution in [-0.2, 0) is 16.1 Å². The Bertz CT molecular complexity index is 735. The minimum absolute atomic E-state index is 0.0878. The molecule has 0 amide bonds. The van der Waals surface area contributed by atoms with Crippen LogP contribution in [0.15, 0.2) is 54.6 Å². The van der Waals surface area contributed by atoms with Crippen molar-refractivity contribution in [2.24, 2.45) is 5.41 Å². The summed E-state index contributed by atoms with van der Waals surface area (Å²) in [6.07, 6.45) is 1.09. The quantitative estimate of drug-likeness (QED) is 0.700. The maximum atomic E-state index is 6.77. The number of thioether (sulfide) groups is 1. The first-order valence-electron chi connectivity index (χ1n) is 8.37. The summed E-state index contributed by atoms with van der Waals surface area (Å²) >= 11 is 2.00. The van der Waals surface area contributed by atoms with Gasteiger partial charge < -0.3 is 4.74 Å². The van der Waals surface area contributed by atoms with Gasteiger partial charge in [0.1, 0.15) is 4.93 Å². The molecular formula is C21H24OS. The van der Waals surface area contributed by atoms with E-state index in [2.05, 4.69) is 82.3 Å². The Morgan fingerprint density at radius 2 is 1.57 bits per heavy atom. The van der Waals surface area contributed by atoms with Crippen LogP contribution in [0.1, 0.15) is 50.5 Å². The van der Waals surface area contributed by atoms with Gasteiger partial charge in [0.15, 0.2) is 0 Å². The summed E-state index contributed by atoms with van der Waals surface area (Å²) in [5.41, 5.74) is 4.18. The Morgan fingerprint density at radius 3 is 2.30 bits per heavy atom. The molecule has 2 bridgehead atoms. The number of fused-ring (bicyclic) bond motifs is 5. The average Bonchev–Trinajstić information content (AvgIpc) is 2.80. The summed E-state index contributed by atoms with van der Waals surface area (Å²) < 4.78 is 6.92. The predicted molar refractivity (Wildman–Crippen MR) is 97.5 cm³/mol. The number of ether oxygens (including phenoxy) is 1. The highest BCUT2D eigenvalue weighted by molar-refractivity contribution is 8.01. The predicted octanol–water partition coefficient (Wildman–Crippen LogP) is 5.71. The maximum absolute atomic E-state index is 6.77. The fourth-order valence-corrected chi connectivity index (χ4v) is 5.78. The van der Waals surface area contributed by atoms with Gasteiger partial charge in [-0.15, -0.1) is 11.8 Å². The maximum Gasteiger partial charge on any atom is 0.145 e. The highest BCUT2D eigenvalue weighted by Gasteiger charge is 2.62. The van der Waals surface area contributed by atoms with Crippen molar-refractivity contribution >= 4 is 11.8 Å². The molecule has 1 fully saturated rings. The first kappa shape index (κ1) is 15.3. The van der Waals surface area contributed by atoms with Gasteiger partial charge in [-0.25, -0.2) is 0 Å². The SMILES string of the molecule is CC1(C)S[C@]2(Cc3ccccc3)O[C@@H](c3ccccc32)C1(C)C. The van der Waals surface area contributed by atoms with E-state index in [-0.39, 0.29) is 21.2 Å². The number of benzene rings is 2. The number of hydrogen-bond acceptors (Lipinski definition) is 2. The van der Waals surface area contributed by atoms with Gasteiger partial charge in [0.05, 0.1) is 6.10 Å². The van der Waals surface area contributed by atoms with Crippen LogP contribution < -0.4 is 0 Å². The van der Waals surface area contributed by atoms with Crippen LogP contribution in [0.3, 0.4) is 0 Å². The largest absolute Gasteiger partial charge is 0.351 e. The van der Waals surface area contributed by atoms with Crippen molar-refractivity contribution < 1.29 is 4.74 Å². The van der Waals surface area contributed by atoms with Gasteiger partial charge in [0.25, 0.3) is 0 Å². The van der Waals surface area contributed by atoms with Crippen molar-refractivity contribution in [3.63, 3.8) is 0 Å². The molecule has 0 unspecified atom stereocenters. The van der Waals surface area contributed by atoms with Crippen LogP contribution in [0.4, 0.5) is 0 Å². The summed E-state index contributed by atoms with van der Waals surface area (Å²) in [5, 5.41) is 0.